The molecule has 0 aliphatic carbocycles. The summed E-state index contributed by atoms with van der Waals surface area (Å²) >= 11 is 0. The third kappa shape index (κ3) is 4.38. The van der Waals surface area contributed by atoms with Crippen molar-refractivity contribution in [2.24, 2.45) is 0 Å². The average molecular weight is 412 g/mol. The van der Waals surface area contributed by atoms with E-state index in [-0.39, 0.29) is 23.8 Å². The van der Waals surface area contributed by atoms with Crippen LogP contribution >= 0.6 is 0 Å². The lowest BCUT2D eigenvalue weighted by molar-refractivity contribution is -0.134. The second kappa shape index (κ2) is 8.95. The Bertz CT molecular complexity index is 988. The molecule has 2 fully saturated rings. The van der Waals surface area contributed by atoms with Crippen LogP contribution < -0.4 is 5.56 Å². The Morgan fingerprint density at radius 3 is 2.40 bits per heavy atom. The van der Waals surface area contributed by atoms with Crippen LogP contribution in [0, 0.1) is 6.92 Å². The number of hydrogen-bond acceptors (Lipinski definition) is 5. The standard InChI is InChI=1S/C22H29N5O3/c1-17-5-4-6-18-21(17)23-16-27(22(18)30)10-7-19(28)26-13-11-24(12-14-26)15-20(29)25-8-2-3-9-25/h4-6,16H,2-3,7-15H2,1H3. The van der Waals surface area contributed by atoms with Crippen LogP contribution in [0.5, 0.6) is 0 Å². The molecule has 3 heterocycles. The molecule has 2 aliphatic rings. The highest BCUT2D eigenvalue weighted by Gasteiger charge is 2.25. The molecule has 0 unspecified atom stereocenters. The maximum atomic E-state index is 12.7. The molecule has 0 saturated carbocycles. The fourth-order valence-electron chi connectivity index (χ4n) is 4.28. The second-order valence-electron chi connectivity index (χ2n) is 8.21. The summed E-state index contributed by atoms with van der Waals surface area (Å²) in [6.07, 6.45) is 4.01. The lowest BCUT2D eigenvalue weighted by Crippen LogP contribution is -2.51. The minimum absolute atomic E-state index is 0.0387. The number of carbonyl (C=O) groups is 2. The second-order valence-corrected chi connectivity index (χ2v) is 8.21. The maximum absolute atomic E-state index is 12.7. The first-order valence-corrected chi connectivity index (χ1v) is 10.8. The van der Waals surface area contributed by atoms with Crippen molar-refractivity contribution in [3.8, 4) is 0 Å². The Morgan fingerprint density at radius 2 is 1.67 bits per heavy atom. The molecule has 8 heteroatoms. The first kappa shape index (κ1) is 20.5. The number of hydrogen-bond donors (Lipinski definition) is 0. The van der Waals surface area contributed by atoms with Gasteiger partial charge in [0, 0.05) is 52.2 Å². The van der Waals surface area contributed by atoms with Gasteiger partial charge in [-0.1, -0.05) is 12.1 Å². The third-order valence-electron chi connectivity index (χ3n) is 6.16. The molecule has 0 bridgehead atoms. The number of amides is 2. The minimum Gasteiger partial charge on any atom is -0.342 e. The molecule has 1 aromatic carbocycles. The number of likely N-dealkylation sites (tertiary alicyclic amines) is 1. The fourth-order valence-corrected chi connectivity index (χ4v) is 4.28. The van der Waals surface area contributed by atoms with Gasteiger partial charge in [-0.2, -0.15) is 0 Å². The van der Waals surface area contributed by atoms with E-state index >= 15 is 0 Å². The molecule has 160 valence electrons. The minimum atomic E-state index is -0.109. The lowest BCUT2D eigenvalue weighted by atomic mass is 10.1. The highest BCUT2D eigenvalue weighted by molar-refractivity contribution is 5.80. The fraction of sp³-hybridized carbons (Fsp3) is 0.545. The van der Waals surface area contributed by atoms with Crippen molar-refractivity contribution in [2.75, 3.05) is 45.8 Å². The van der Waals surface area contributed by atoms with E-state index in [0.29, 0.717) is 50.2 Å². The molecule has 2 saturated heterocycles. The van der Waals surface area contributed by atoms with Crippen LogP contribution in [0.15, 0.2) is 29.3 Å². The molecule has 0 N–H and O–H groups in total. The number of para-hydroxylation sites is 1. The summed E-state index contributed by atoms with van der Waals surface area (Å²) in [7, 11) is 0. The Hall–Kier alpha value is -2.74. The van der Waals surface area contributed by atoms with Gasteiger partial charge in [-0.25, -0.2) is 4.98 Å². The highest BCUT2D eigenvalue weighted by Crippen LogP contribution is 2.12. The Morgan fingerprint density at radius 1 is 0.967 bits per heavy atom. The van der Waals surface area contributed by atoms with Crippen LogP contribution in [0.1, 0.15) is 24.8 Å². The number of aryl methyl sites for hydroxylation is 2. The summed E-state index contributed by atoms with van der Waals surface area (Å²) in [6, 6.07) is 5.56. The quantitative estimate of drug-likeness (QED) is 0.729. The van der Waals surface area contributed by atoms with Crippen molar-refractivity contribution < 1.29 is 9.59 Å². The van der Waals surface area contributed by atoms with Gasteiger partial charge in [0.2, 0.25) is 11.8 Å². The Kier molecular flexibility index (Phi) is 6.13. The summed E-state index contributed by atoms with van der Waals surface area (Å²) in [6.45, 7) is 7.11. The third-order valence-corrected chi connectivity index (χ3v) is 6.16. The number of fused-ring (bicyclic) bond motifs is 1. The predicted molar refractivity (Wildman–Crippen MR) is 114 cm³/mol. The van der Waals surface area contributed by atoms with Gasteiger partial charge in [0.1, 0.15) is 0 Å². The number of aromatic nitrogens is 2. The van der Waals surface area contributed by atoms with Crippen LogP contribution in [0.25, 0.3) is 10.9 Å². The monoisotopic (exact) mass is 411 g/mol. The Labute approximate surface area is 176 Å². The zero-order valence-electron chi connectivity index (χ0n) is 17.5. The van der Waals surface area contributed by atoms with Gasteiger partial charge in [0.15, 0.2) is 0 Å². The molecule has 2 aliphatic heterocycles. The maximum Gasteiger partial charge on any atom is 0.261 e. The van der Waals surface area contributed by atoms with E-state index in [9.17, 15) is 14.4 Å². The van der Waals surface area contributed by atoms with E-state index in [1.54, 1.807) is 6.07 Å². The molecule has 0 radical (unpaired) electrons. The highest BCUT2D eigenvalue weighted by atomic mass is 16.2. The zero-order valence-corrected chi connectivity index (χ0v) is 17.5. The van der Waals surface area contributed by atoms with Crippen molar-refractivity contribution in [3.63, 3.8) is 0 Å². The Balaban J connectivity index is 1.28. The van der Waals surface area contributed by atoms with E-state index in [1.807, 2.05) is 28.9 Å². The number of benzene rings is 1. The molecule has 1 aromatic heterocycles. The van der Waals surface area contributed by atoms with Crippen LogP contribution in [0.4, 0.5) is 0 Å². The van der Waals surface area contributed by atoms with Crippen LogP contribution in [-0.2, 0) is 16.1 Å². The average Bonchev–Trinajstić information content (AvgIpc) is 3.29. The van der Waals surface area contributed by atoms with E-state index < -0.39 is 0 Å². The van der Waals surface area contributed by atoms with Gasteiger partial charge in [-0.15, -0.1) is 0 Å². The molecule has 0 atom stereocenters. The molecule has 4 rings (SSSR count). The van der Waals surface area contributed by atoms with E-state index in [0.717, 1.165) is 31.5 Å². The summed E-state index contributed by atoms with van der Waals surface area (Å²) in [5, 5.41) is 0.584. The van der Waals surface area contributed by atoms with Gasteiger partial charge in [-0.3, -0.25) is 23.9 Å². The normalized spacial score (nSPS) is 17.6. The molecule has 8 nitrogen and oxygen atoms in total. The molecule has 30 heavy (non-hydrogen) atoms. The van der Waals surface area contributed by atoms with Gasteiger partial charge < -0.3 is 9.80 Å². The SMILES string of the molecule is Cc1cccc2c(=O)n(CCC(=O)N3CCN(CC(=O)N4CCCC4)CC3)cnc12. The number of rotatable bonds is 5. The van der Waals surface area contributed by atoms with Crippen molar-refractivity contribution in [2.45, 2.75) is 32.7 Å². The van der Waals surface area contributed by atoms with Crippen molar-refractivity contribution in [3.05, 3.63) is 40.4 Å². The first-order chi connectivity index (χ1) is 14.5. The summed E-state index contributed by atoms with van der Waals surface area (Å²) in [4.78, 5) is 47.9. The summed E-state index contributed by atoms with van der Waals surface area (Å²) in [5.74, 6) is 0.238. The van der Waals surface area contributed by atoms with Gasteiger partial charge in [0.25, 0.3) is 5.56 Å². The molecule has 2 amide bonds. The van der Waals surface area contributed by atoms with Crippen molar-refractivity contribution in [1.29, 1.82) is 0 Å². The number of nitrogens with zero attached hydrogens (tertiary/aromatic N) is 5. The smallest absolute Gasteiger partial charge is 0.261 e. The van der Waals surface area contributed by atoms with Crippen LogP contribution in [0.2, 0.25) is 0 Å². The summed E-state index contributed by atoms with van der Waals surface area (Å²) < 4.78 is 1.52. The lowest BCUT2D eigenvalue weighted by Gasteiger charge is -2.35. The van der Waals surface area contributed by atoms with Crippen LogP contribution in [0.3, 0.4) is 0 Å². The van der Waals surface area contributed by atoms with Crippen LogP contribution in [-0.4, -0.2) is 81.9 Å². The molecule has 2 aromatic rings. The van der Waals surface area contributed by atoms with E-state index in [4.69, 9.17) is 0 Å². The molecule has 0 spiro atoms. The topological polar surface area (TPSA) is 78.8 Å². The molecular weight excluding hydrogens is 382 g/mol. The van der Waals surface area contributed by atoms with Gasteiger partial charge in [-0.05, 0) is 31.4 Å². The van der Waals surface area contributed by atoms with Gasteiger partial charge in [0.05, 0.1) is 23.8 Å². The number of carbonyl (C=O) groups excluding carboxylic acids is 2. The van der Waals surface area contributed by atoms with Crippen molar-refractivity contribution >= 4 is 22.7 Å². The largest absolute Gasteiger partial charge is 0.342 e. The predicted octanol–water partition coefficient (Wildman–Crippen LogP) is 0.862. The first-order valence-electron chi connectivity index (χ1n) is 10.8. The van der Waals surface area contributed by atoms with Gasteiger partial charge >= 0.3 is 0 Å². The van der Waals surface area contributed by atoms with Crippen molar-refractivity contribution in [1.82, 2.24) is 24.3 Å². The number of piperazine rings is 1. The van der Waals surface area contributed by atoms with E-state index in [1.165, 1.54) is 10.9 Å². The van der Waals surface area contributed by atoms with E-state index in [2.05, 4.69) is 9.88 Å². The zero-order chi connectivity index (χ0) is 21.1. The molecular formula is C22H29N5O3. The summed E-state index contributed by atoms with van der Waals surface area (Å²) in [5.41, 5.74) is 1.57.